The van der Waals surface area contributed by atoms with Gasteiger partial charge in [-0.25, -0.2) is 9.97 Å². The number of pyridine rings is 2. The number of nitrogens with two attached hydrogens (primary N) is 1. The number of likely N-dealkylation sites (N-methyl/N-ethyl adjacent to an activating group) is 1. The molecule has 9 nitrogen and oxygen atoms in total. The summed E-state index contributed by atoms with van der Waals surface area (Å²) in [4.78, 5) is 26.6. The van der Waals surface area contributed by atoms with Gasteiger partial charge in [0.15, 0.2) is 11.4 Å². The molecule has 3 N–H and O–H groups in total. The van der Waals surface area contributed by atoms with Crippen molar-refractivity contribution in [3.8, 4) is 17.4 Å². The van der Waals surface area contributed by atoms with E-state index in [1.165, 1.54) is 0 Å². The first kappa shape index (κ1) is 30.6. The van der Waals surface area contributed by atoms with Gasteiger partial charge in [-0.3, -0.25) is 9.78 Å². The van der Waals surface area contributed by atoms with Crippen molar-refractivity contribution in [3.05, 3.63) is 72.3 Å². The topological polar surface area (TPSA) is 116 Å². The molecular weight excluding hydrogens is 540 g/mol. The number of carbonyl (C=O) groups excluding carboxylic acids is 1. The Bertz CT molecular complexity index is 1550. The van der Waals surface area contributed by atoms with Gasteiger partial charge in [0, 0.05) is 43.1 Å². The van der Waals surface area contributed by atoms with E-state index >= 15 is 0 Å². The number of amides is 1. The van der Waals surface area contributed by atoms with Crippen LogP contribution >= 0.6 is 0 Å². The fraction of sp³-hybridized carbons (Fsp3) is 0.471. The quantitative estimate of drug-likeness (QED) is 0.237. The van der Waals surface area contributed by atoms with Gasteiger partial charge in [-0.1, -0.05) is 37.6 Å². The maximum Gasteiger partial charge on any atom is 0.255 e. The van der Waals surface area contributed by atoms with E-state index in [4.69, 9.17) is 15.5 Å². The van der Waals surface area contributed by atoms with E-state index in [2.05, 4.69) is 35.1 Å². The molecule has 1 amide bonds. The normalized spacial score (nSPS) is 20.8. The van der Waals surface area contributed by atoms with Crippen molar-refractivity contribution >= 4 is 16.7 Å². The maximum absolute atomic E-state index is 12.8. The molecule has 0 spiro atoms. The third-order valence-corrected chi connectivity index (χ3v) is 9.12. The first-order chi connectivity index (χ1) is 20.6. The van der Waals surface area contributed by atoms with E-state index in [1.807, 2.05) is 62.4 Å². The highest BCUT2D eigenvalue weighted by Gasteiger charge is 2.54. The van der Waals surface area contributed by atoms with Crippen molar-refractivity contribution in [3.63, 3.8) is 0 Å². The van der Waals surface area contributed by atoms with Crippen LogP contribution in [-0.4, -0.2) is 73.9 Å². The average molecular weight is 586 g/mol. The van der Waals surface area contributed by atoms with Crippen molar-refractivity contribution < 1.29 is 19.1 Å². The van der Waals surface area contributed by atoms with E-state index in [-0.39, 0.29) is 12.0 Å². The molecule has 228 valence electrons. The minimum Gasteiger partial charge on any atom is -0.471 e. The van der Waals surface area contributed by atoms with Crippen LogP contribution in [0.2, 0.25) is 0 Å². The zero-order valence-corrected chi connectivity index (χ0v) is 25.9. The summed E-state index contributed by atoms with van der Waals surface area (Å²) in [6.45, 7) is 3.18. The minimum atomic E-state index is -1.61. The fourth-order valence-electron chi connectivity index (χ4n) is 6.65. The zero-order chi connectivity index (χ0) is 30.6. The number of aliphatic hydroxyl groups is 1. The van der Waals surface area contributed by atoms with Gasteiger partial charge in [0.05, 0.1) is 14.1 Å². The monoisotopic (exact) mass is 585 g/mol. The Balaban J connectivity index is 1.25. The third-order valence-electron chi connectivity index (χ3n) is 9.12. The van der Waals surface area contributed by atoms with E-state index in [0.717, 1.165) is 65.7 Å². The first-order valence-electron chi connectivity index (χ1n) is 15.4. The highest BCUT2D eigenvalue weighted by molar-refractivity contribution is 5.87. The Morgan fingerprint density at radius 1 is 1.19 bits per heavy atom. The fourth-order valence-corrected chi connectivity index (χ4v) is 6.65. The van der Waals surface area contributed by atoms with E-state index < -0.39 is 11.5 Å². The Labute approximate surface area is 254 Å². The summed E-state index contributed by atoms with van der Waals surface area (Å²) in [5, 5.41) is 13.9. The summed E-state index contributed by atoms with van der Waals surface area (Å²) >= 11 is 0. The molecule has 1 unspecified atom stereocenters. The Morgan fingerprint density at radius 3 is 2.70 bits per heavy atom. The molecule has 0 saturated heterocycles. The smallest absolute Gasteiger partial charge is 0.255 e. The molecule has 9 heteroatoms. The largest absolute Gasteiger partial charge is 0.471 e. The molecule has 1 saturated carbocycles. The number of aryl methyl sites for hydroxylation is 2. The van der Waals surface area contributed by atoms with Crippen molar-refractivity contribution in [2.45, 2.75) is 63.5 Å². The lowest BCUT2D eigenvalue weighted by molar-refractivity contribution is -0.922. The Kier molecular flexibility index (Phi) is 9.13. The predicted octanol–water partition coefficient (Wildman–Crippen LogP) is 4.46. The summed E-state index contributed by atoms with van der Waals surface area (Å²) in [6, 6.07) is 14.0. The lowest BCUT2D eigenvalue weighted by Gasteiger charge is -2.49. The van der Waals surface area contributed by atoms with Gasteiger partial charge in [-0.2, -0.15) is 0 Å². The molecular formula is C34H45N6O3+. The number of imidazole rings is 1. The summed E-state index contributed by atoms with van der Waals surface area (Å²) < 4.78 is 8.65. The molecule has 3 atom stereocenters. The van der Waals surface area contributed by atoms with Crippen LogP contribution in [0.15, 0.2) is 61.1 Å². The van der Waals surface area contributed by atoms with Crippen LogP contribution in [0.5, 0.6) is 5.88 Å². The van der Waals surface area contributed by atoms with Gasteiger partial charge in [0.25, 0.3) is 5.91 Å². The number of primary amides is 1. The van der Waals surface area contributed by atoms with Gasteiger partial charge in [0.2, 0.25) is 5.88 Å². The van der Waals surface area contributed by atoms with Crippen LogP contribution in [0, 0.1) is 5.92 Å². The number of nitrogens with zero attached hydrogens (tertiary/aromatic N) is 5. The molecule has 43 heavy (non-hydrogen) atoms. The number of fused-ring (bicyclic) bond motifs is 1. The van der Waals surface area contributed by atoms with Crippen LogP contribution < -0.4 is 10.5 Å². The van der Waals surface area contributed by atoms with Crippen LogP contribution in [-0.2, 0) is 24.7 Å². The lowest BCUT2D eigenvalue weighted by Crippen LogP contribution is -2.68. The Hall–Kier alpha value is -3.82. The van der Waals surface area contributed by atoms with Gasteiger partial charge >= 0.3 is 0 Å². The average Bonchev–Trinajstić information content (AvgIpc) is 3.42. The van der Waals surface area contributed by atoms with Gasteiger partial charge in [-0.15, -0.1) is 0 Å². The van der Waals surface area contributed by atoms with Crippen molar-refractivity contribution in [2.24, 2.45) is 18.7 Å². The second-order valence-electron chi connectivity index (χ2n) is 12.7. The SMILES string of the molecule is CCCCc1cc2ccccc2c(OCC[N+](C)(C)[C@H]2CCC(Cc3ccc(-c4nccn4C)nc3)C[C@@]2(O)C(N)=O)n1. The third kappa shape index (κ3) is 6.73. The second-order valence-corrected chi connectivity index (χ2v) is 12.7. The van der Waals surface area contributed by atoms with Gasteiger partial charge in [0.1, 0.15) is 24.9 Å². The number of benzene rings is 1. The summed E-state index contributed by atoms with van der Waals surface area (Å²) in [7, 11) is 6.04. The molecule has 3 heterocycles. The molecule has 1 fully saturated rings. The Morgan fingerprint density at radius 2 is 2.00 bits per heavy atom. The van der Waals surface area contributed by atoms with Crippen LogP contribution in [0.3, 0.4) is 0 Å². The van der Waals surface area contributed by atoms with Crippen molar-refractivity contribution in [1.29, 1.82) is 0 Å². The molecule has 0 bridgehead atoms. The summed E-state index contributed by atoms with van der Waals surface area (Å²) in [5.74, 6) is 0.911. The highest BCUT2D eigenvalue weighted by atomic mass is 16.5. The van der Waals surface area contributed by atoms with Gasteiger partial charge in [-0.05, 0) is 67.2 Å². The molecule has 0 radical (unpaired) electrons. The standard InChI is InChI=1S/C34H44N6O3/c1-5-6-10-27-21-26-9-7-8-11-28(26)32(38-27)43-19-18-40(3,4)30-15-13-24(22-34(30,42)33(35)41)20-25-12-14-29(37-23-25)31-36-16-17-39(31)2/h7-9,11-12,14,16-17,21,23-24,30,42H,5-6,10,13,15,18-20,22H2,1-4H3,(H-,35,41)/p+1/t24?,30-,34-/m0/s1. The summed E-state index contributed by atoms with van der Waals surface area (Å²) in [6.07, 6.45) is 11.2. The zero-order valence-electron chi connectivity index (χ0n) is 25.9. The van der Waals surface area contributed by atoms with E-state index in [0.29, 0.717) is 36.4 Å². The lowest BCUT2D eigenvalue weighted by atomic mass is 9.71. The van der Waals surface area contributed by atoms with Crippen LogP contribution in [0.4, 0.5) is 0 Å². The first-order valence-corrected chi connectivity index (χ1v) is 15.4. The number of unbranched alkanes of at least 4 members (excludes halogenated alkanes) is 1. The van der Waals surface area contributed by atoms with Crippen LogP contribution in [0.25, 0.3) is 22.3 Å². The predicted molar refractivity (Wildman–Crippen MR) is 168 cm³/mol. The number of quaternary nitrogens is 1. The molecule has 0 aliphatic heterocycles. The van der Waals surface area contributed by atoms with Gasteiger partial charge < -0.3 is 24.6 Å². The van der Waals surface area contributed by atoms with E-state index in [9.17, 15) is 9.90 Å². The molecule has 1 aliphatic carbocycles. The number of carbonyl (C=O) groups is 1. The number of ether oxygens (including phenoxy) is 1. The van der Waals surface area contributed by atoms with Crippen LogP contribution in [0.1, 0.15) is 50.3 Å². The second kappa shape index (κ2) is 12.8. The number of aromatic nitrogens is 4. The van der Waals surface area contributed by atoms with E-state index in [1.54, 1.807) is 6.20 Å². The number of rotatable bonds is 12. The molecule has 1 aliphatic rings. The molecule has 4 aromatic rings. The highest BCUT2D eigenvalue weighted by Crippen LogP contribution is 2.39. The minimum absolute atomic E-state index is 0.118. The van der Waals surface area contributed by atoms with Crippen molar-refractivity contribution in [2.75, 3.05) is 27.2 Å². The molecule has 5 rings (SSSR count). The number of hydrogen-bond acceptors (Lipinski definition) is 6. The maximum atomic E-state index is 12.8. The summed E-state index contributed by atoms with van der Waals surface area (Å²) in [5.41, 5.74) is 7.21. The number of hydrogen-bond donors (Lipinski definition) is 2. The molecule has 1 aromatic carbocycles. The molecule has 3 aromatic heterocycles. The van der Waals surface area contributed by atoms with Crippen molar-refractivity contribution in [1.82, 2.24) is 19.5 Å².